The number of aliphatic carboxylic acids is 1. The van der Waals surface area contributed by atoms with Crippen molar-refractivity contribution in [1.29, 1.82) is 0 Å². The molecule has 0 unspecified atom stereocenters. The molecule has 1 aromatic rings. The number of carboxylic acids is 1. The van der Waals surface area contributed by atoms with Crippen molar-refractivity contribution >= 4 is 5.97 Å². The quantitative estimate of drug-likeness (QED) is 0.764. The van der Waals surface area contributed by atoms with E-state index in [0.29, 0.717) is 6.54 Å². The van der Waals surface area contributed by atoms with Crippen molar-refractivity contribution in [2.75, 3.05) is 0 Å². The van der Waals surface area contributed by atoms with Crippen LogP contribution in [0.25, 0.3) is 0 Å². The van der Waals surface area contributed by atoms with Crippen LogP contribution in [-0.4, -0.2) is 26.2 Å². The van der Waals surface area contributed by atoms with Crippen LogP contribution in [0.1, 0.15) is 32.9 Å². The minimum Gasteiger partial charge on any atom is -0.480 e. The first kappa shape index (κ1) is 12.7. The summed E-state index contributed by atoms with van der Waals surface area (Å²) in [5.74, 6) is -0.853. The molecule has 5 nitrogen and oxygen atoms in total. The average molecular weight is 225 g/mol. The van der Waals surface area contributed by atoms with E-state index in [1.807, 2.05) is 4.57 Å². The van der Waals surface area contributed by atoms with Crippen LogP contribution < -0.4 is 5.32 Å². The summed E-state index contributed by atoms with van der Waals surface area (Å²) in [5.41, 5.74) is 0.0950. The molecular formula is C11H19N3O2. The monoisotopic (exact) mass is 225 g/mol. The molecule has 0 aliphatic carbocycles. The van der Waals surface area contributed by atoms with Crippen LogP contribution in [-0.2, 0) is 17.9 Å². The highest BCUT2D eigenvalue weighted by Gasteiger charge is 2.26. The number of aromatic nitrogens is 2. The van der Waals surface area contributed by atoms with Crippen molar-refractivity contribution in [2.24, 2.45) is 0 Å². The zero-order valence-corrected chi connectivity index (χ0v) is 10.0. The Bertz CT molecular complexity index is 358. The molecule has 1 aromatic heterocycles. The molecule has 0 bridgehead atoms. The van der Waals surface area contributed by atoms with Gasteiger partial charge in [-0.15, -0.1) is 0 Å². The molecule has 0 saturated carbocycles. The Kier molecular flexibility index (Phi) is 4.06. The lowest BCUT2D eigenvalue weighted by Gasteiger charge is -2.21. The van der Waals surface area contributed by atoms with Gasteiger partial charge in [-0.25, -0.2) is 4.98 Å². The van der Waals surface area contributed by atoms with Crippen molar-refractivity contribution in [3.8, 4) is 0 Å². The van der Waals surface area contributed by atoms with Gasteiger partial charge in [-0.3, -0.25) is 10.1 Å². The van der Waals surface area contributed by atoms with E-state index >= 15 is 0 Å². The number of hydrogen-bond acceptors (Lipinski definition) is 3. The molecule has 0 aromatic carbocycles. The minimum absolute atomic E-state index is 0.513. The van der Waals surface area contributed by atoms with Crippen molar-refractivity contribution < 1.29 is 9.90 Å². The minimum atomic E-state index is -0.915. The largest absolute Gasteiger partial charge is 0.480 e. The summed E-state index contributed by atoms with van der Waals surface area (Å²) in [7, 11) is 0. The van der Waals surface area contributed by atoms with Gasteiger partial charge in [0.1, 0.15) is 5.54 Å². The molecule has 1 heterocycles. The Morgan fingerprint density at radius 3 is 2.88 bits per heavy atom. The SMILES string of the molecule is CCCn1cncc1CNC(C)(C)C(=O)O. The summed E-state index contributed by atoms with van der Waals surface area (Å²) >= 11 is 0. The van der Waals surface area contributed by atoms with Gasteiger partial charge in [0, 0.05) is 19.3 Å². The van der Waals surface area contributed by atoms with Gasteiger partial charge in [0.05, 0.1) is 12.0 Å². The van der Waals surface area contributed by atoms with E-state index in [2.05, 4.69) is 17.2 Å². The molecule has 0 fully saturated rings. The number of hydrogen-bond donors (Lipinski definition) is 2. The van der Waals surface area contributed by atoms with Crippen molar-refractivity contribution in [3.05, 3.63) is 18.2 Å². The molecule has 16 heavy (non-hydrogen) atoms. The maximum Gasteiger partial charge on any atom is 0.323 e. The number of nitrogens with zero attached hydrogens (tertiary/aromatic N) is 2. The summed E-state index contributed by atoms with van der Waals surface area (Å²) < 4.78 is 2.03. The van der Waals surface area contributed by atoms with Crippen LogP contribution in [0.15, 0.2) is 12.5 Å². The number of rotatable bonds is 6. The number of nitrogens with one attached hydrogen (secondary N) is 1. The van der Waals surface area contributed by atoms with Gasteiger partial charge >= 0.3 is 5.97 Å². The number of carbonyl (C=O) groups is 1. The fourth-order valence-corrected chi connectivity index (χ4v) is 1.32. The first-order valence-electron chi connectivity index (χ1n) is 5.45. The van der Waals surface area contributed by atoms with Crippen molar-refractivity contribution in [1.82, 2.24) is 14.9 Å². The van der Waals surface area contributed by atoms with Crippen LogP contribution >= 0.6 is 0 Å². The van der Waals surface area contributed by atoms with E-state index in [1.165, 1.54) is 0 Å². The molecule has 0 atom stereocenters. The Morgan fingerprint density at radius 2 is 2.31 bits per heavy atom. The van der Waals surface area contributed by atoms with E-state index in [0.717, 1.165) is 18.7 Å². The number of carboxylic acid groups (broad SMARTS) is 1. The normalized spacial score (nSPS) is 11.7. The predicted octanol–water partition coefficient (Wildman–Crippen LogP) is 1.25. The summed E-state index contributed by atoms with van der Waals surface area (Å²) in [6.45, 7) is 6.81. The Balaban J connectivity index is 2.60. The van der Waals surface area contributed by atoms with E-state index in [9.17, 15) is 4.79 Å². The van der Waals surface area contributed by atoms with Gasteiger partial charge in [-0.1, -0.05) is 6.92 Å². The van der Waals surface area contributed by atoms with Crippen LogP contribution in [0.4, 0.5) is 0 Å². The number of imidazole rings is 1. The number of aryl methyl sites for hydroxylation is 1. The highest BCUT2D eigenvalue weighted by atomic mass is 16.4. The van der Waals surface area contributed by atoms with Gasteiger partial charge in [-0.2, -0.15) is 0 Å². The molecule has 0 radical (unpaired) electrons. The lowest BCUT2D eigenvalue weighted by atomic mass is 10.1. The van der Waals surface area contributed by atoms with Crippen LogP contribution in [0, 0.1) is 0 Å². The van der Waals surface area contributed by atoms with E-state index in [1.54, 1.807) is 26.4 Å². The Morgan fingerprint density at radius 1 is 1.62 bits per heavy atom. The van der Waals surface area contributed by atoms with Crippen molar-refractivity contribution in [2.45, 2.75) is 45.8 Å². The van der Waals surface area contributed by atoms with Gasteiger partial charge in [0.25, 0.3) is 0 Å². The zero-order chi connectivity index (χ0) is 12.2. The lowest BCUT2D eigenvalue weighted by molar-refractivity contribution is -0.143. The van der Waals surface area contributed by atoms with Gasteiger partial charge in [0.2, 0.25) is 0 Å². The third-order valence-corrected chi connectivity index (χ3v) is 2.51. The third kappa shape index (κ3) is 3.06. The fraction of sp³-hybridized carbons (Fsp3) is 0.636. The predicted molar refractivity (Wildman–Crippen MR) is 61.1 cm³/mol. The average Bonchev–Trinajstić information content (AvgIpc) is 2.63. The van der Waals surface area contributed by atoms with Gasteiger partial charge in [-0.05, 0) is 20.3 Å². The van der Waals surface area contributed by atoms with Crippen molar-refractivity contribution in [3.63, 3.8) is 0 Å². The molecule has 0 saturated heterocycles. The third-order valence-electron chi connectivity index (χ3n) is 2.51. The van der Waals surface area contributed by atoms with Crippen LogP contribution in [0.2, 0.25) is 0 Å². The molecule has 1 rings (SSSR count). The maximum absolute atomic E-state index is 10.9. The van der Waals surface area contributed by atoms with Crippen LogP contribution in [0.5, 0.6) is 0 Å². The fourth-order valence-electron chi connectivity index (χ4n) is 1.32. The molecule has 2 N–H and O–H groups in total. The molecule has 0 aliphatic heterocycles. The first-order valence-corrected chi connectivity index (χ1v) is 5.45. The summed E-state index contributed by atoms with van der Waals surface area (Å²) in [4.78, 5) is 15.0. The molecule has 90 valence electrons. The lowest BCUT2D eigenvalue weighted by Crippen LogP contribution is -2.46. The Labute approximate surface area is 95.5 Å². The molecule has 0 aliphatic rings. The topological polar surface area (TPSA) is 67.2 Å². The first-order chi connectivity index (χ1) is 7.47. The molecule has 0 amide bonds. The highest BCUT2D eigenvalue weighted by Crippen LogP contribution is 2.06. The standard InChI is InChI=1S/C11H19N3O2/c1-4-5-14-8-12-6-9(14)7-13-11(2,3)10(15)16/h6,8,13H,4-5,7H2,1-3H3,(H,15,16). The molecule has 5 heteroatoms. The van der Waals surface area contributed by atoms with E-state index in [-0.39, 0.29) is 0 Å². The maximum atomic E-state index is 10.9. The smallest absolute Gasteiger partial charge is 0.323 e. The zero-order valence-electron chi connectivity index (χ0n) is 10.0. The van der Waals surface area contributed by atoms with Gasteiger partial charge < -0.3 is 9.67 Å². The Hall–Kier alpha value is -1.36. The van der Waals surface area contributed by atoms with Gasteiger partial charge in [0.15, 0.2) is 0 Å². The molecular weight excluding hydrogens is 206 g/mol. The highest BCUT2D eigenvalue weighted by molar-refractivity contribution is 5.77. The van der Waals surface area contributed by atoms with E-state index in [4.69, 9.17) is 5.11 Å². The second-order valence-corrected chi connectivity index (χ2v) is 4.36. The summed E-state index contributed by atoms with van der Waals surface area (Å²) in [6, 6.07) is 0. The van der Waals surface area contributed by atoms with Crippen LogP contribution in [0.3, 0.4) is 0 Å². The second-order valence-electron chi connectivity index (χ2n) is 4.36. The summed E-state index contributed by atoms with van der Waals surface area (Å²) in [6.07, 6.45) is 4.57. The summed E-state index contributed by atoms with van der Waals surface area (Å²) in [5, 5.41) is 12.0. The second kappa shape index (κ2) is 5.12. The molecule has 0 spiro atoms. The van der Waals surface area contributed by atoms with E-state index < -0.39 is 11.5 Å².